The van der Waals surface area contributed by atoms with E-state index in [1.165, 1.54) is 17.0 Å². The molecule has 0 fully saturated rings. The standard InChI is InChI=1S/C11H7N3O5/c15-11-9(12-4-2-1-3-5-12)6-8(13(16)17)7-10(11)14(18)19/h1-7H. The van der Waals surface area contributed by atoms with Gasteiger partial charge in [0.15, 0.2) is 12.4 Å². The van der Waals surface area contributed by atoms with Gasteiger partial charge in [0.1, 0.15) is 0 Å². The van der Waals surface area contributed by atoms with Crippen LogP contribution in [-0.4, -0.2) is 9.85 Å². The average molecular weight is 261 g/mol. The smallest absolute Gasteiger partial charge is 0.282 e. The number of non-ortho nitro benzene ring substituents is 1. The van der Waals surface area contributed by atoms with E-state index in [-0.39, 0.29) is 5.69 Å². The molecule has 96 valence electrons. The molecule has 8 heteroatoms. The lowest BCUT2D eigenvalue weighted by Gasteiger charge is -2.08. The van der Waals surface area contributed by atoms with Gasteiger partial charge in [-0.15, -0.1) is 0 Å². The largest absolute Gasteiger partial charge is 0.863 e. The first-order chi connectivity index (χ1) is 9.00. The topological polar surface area (TPSA) is 113 Å². The monoisotopic (exact) mass is 261 g/mol. The SMILES string of the molecule is O=[N+]([O-])c1cc([N+](=O)[O-])c([O-])c(-[n+]2ccccc2)c1. The molecule has 0 aliphatic rings. The van der Waals surface area contributed by atoms with Crippen molar-refractivity contribution in [1.29, 1.82) is 0 Å². The van der Waals surface area contributed by atoms with E-state index < -0.39 is 27.0 Å². The van der Waals surface area contributed by atoms with Crippen molar-refractivity contribution in [2.75, 3.05) is 0 Å². The maximum Gasteiger partial charge on any atom is 0.282 e. The van der Waals surface area contributed by atoms with Crippen LogP contribution in [0.4, 0.5) is 11.4 Å². The Bertz CT molecular complexity index is 657. The summed E-state index contributed by atoms with van der Waals surface area (Å²) in [6.45, 7) is 0. The van der Waals surface area contributed by atoms with Crippen molar-refractivity contribution in [2.24, 2.45) is 0 Å². The molecule has 0 amide bonds. The van der Waals surface area contributed by atoms with Gasteiger partial charge in [-0.2, -0.15) is 4.57 Å². The lowest BCUT2D eigenvalue weighted by atomic mass is 10.2. The van der Waals surface area contributed by atoms with Crippen LogP contribution in [0.25, 0.3) is 5.69 Å². The van der Waals surface area contributed by atoms with Crippen molar-refractivity contribution in [3.05, 3.63) is 63.0 Å². The molecular formula is C11H7N3O5. The molecule has 0 saturated heterocycles. The quantitative estimate of drug-likeness (QED) is 0.461. The molecule has 2 rings (SSSR count). The van der Waals surface area contributed by atoms with E-state index in [1.807, 2.05) is 0 Å². The molecule has 0 aliphatic carbocycles. The third-order valence-corrected chi connectivity index (χ3v) is 2.44. The summed E-state index contributed by atoms with van der Waals surface area (Å²) >= 11 is 0. The maximum atomic E-state index is 11.9. The van der Waals surface area contributed by atoms with Crippen LogP contribution in [0.1, 0.15) is 0 Å². The Labute approximate surface area is 106 Å². The van der Waals surface area contributed by atoms with Crippen molar-refractivity contribution in [3.8, 4) is 11.4 Å². The minimum absolute atomic E-state index is 0.137. The van der Waals surface area contributed by atoms with Crippen molar-refractivity contribution in [3.63, 3.8) is 0 Å². The summed E-state index contributed by atoms with van der Waals surface area (Å²) in [6.07, 6.45) is 2.95. The number of nitro groups is 2. The third kappa shape index (κ3) is 2.32. The van der Waals surface area contributed by atoms with Gasteiger partial charge >= 0.3 is 0 Å². The Kier molecular flexibility index (Phi) is 3.06. The van der Waals surface area contributed by atoms with Crippen LogP contribution in [0.5, 0.6) is 5.75 Å². The van der Waals surface area contributed by atoms with Crippen molar-refractivity contribution in [1.82, 2.24) is 0 Å². The number of benzene rings is 1. The van der Waals surface area contributed by atoms with E-state index in [9.17, 15) is 25.3 Å². The number of nitrogens with zero attached hydrogens (tertiary/aromatic N) is 3. The van der Waals surface area contributed by atoms with Gasteiger partial charge in [-0.05, 0) is 0 Å². The molecule has 1 aromatic heterocycles. The predicted molar refractivity (Wildman–Crippen MR) is 60.7 cm³/mol. The van der Waals surface area contributed by atoms with Crippen LogP contribution in [0.15, 0.2) is 42.7 Å². The van der Waals surface area contributed by atoms with Crippen LogP contribution < -0.4 is 9.67 Å². The normalized spacial score (nSPS) is 10.1. The Balaban J connectivity index is 2.73. The fourth-order valence-corrected chi connectivity index (χ4v) is 1.58. The molecule has 0 spiro atoms. The van der Waals surface area contributed by atoms with Crippen molar-refractivity contribution >= 4 is 11.4 Å². The summed E-state index contributed by atoms with van der Waals surface area (Å²) in [7, 11) is 0. The van der Waals surface area contributed by atoms with E-state index in [1.54, 1.807) is 18.2 Å². The van der Waals surface area contributed by atoms with E-state index in [4.69, 9.17) is 0 Å². The van der Waals surface area contributed by atoms with Crippen LogP contribution >= 0.6 is 0 Å². The number of pyridine rings is 1. The van der Waals surface area contributed by atoms with E-state index >= 15 is 0 Å². The zero-order valence-electron chi connectivity index (χ0n) is 9.42. The van der Waals surface area contributed by atoms with Gasteiger partial charge in [0.25, 0.3) is 11.4 Å². The first kappa shape index (κ1) is 12.4. The lowest BCUT2D eigenvalue weighted by molar-refractivity contribution is -0.600. The molecule has 2 aromatic rings. The second-order valence-corrected chi connectivity index (χ2v) is 3.61. The van der Waals surface area contributed by atoms with Crippen LogP contribution in [-0.2, 0) is 0 Å². The van der Waals surface area contributed by atoms with E-state index in [0.717, 1.165) is 6.07 Å². The van der Waals surface area contributed by atoms with Crippen LogP contribution in [0.2, 0.25) is 0 Å². The highest BCUT2D eigenvalue weighted by atomic mass is 16.6. The Hall–Kier alpha value is -3.03. The van der Waals surface area contributed by atoms with Crippen molar-refractivity contribution in [2.45, 2.75) is 0 Å². The van der Waals surface area contributed by atoms with E-state index in [2.05, 4.69) is 0 Å². The Morgan fingerprint density at radius 1 is 0.947 bits per heavy atom. The summed E-state index contributed by atoms with van der Waals surface area (Å²) in [6, 6.07) is 6.56. The summed E-state index contributed by atoms with van der Waals surface area (Å²) in [5, 5.41) is 33.4. The highest BCUT2D eigenvalue weighted by Gasteiger charge is 2.23. The van der Waals surface area contributed by atoms with Gasteiger partial charge < -0.3 is 5.11 Å². The summed E-state index contributed by atoms with van der Waals surface area (Å²) in [4.78, 5) is 19.8. The van der Waals surface area contributed by atoms with Gasteiger partial charge in [-0.1, -0.05) is 6.07 Å². The molecule has 0 saturated carbocycles. The maximum absolute atomic E-state index is 11.9. The first-order valence-corrected chi connectivity index (χ1v) is 5.11. The predicted octanol–water partition coefficient (Wildman–Crippen LogP) is 0.853. The minimum atomic E-state index is -0.928. The van der Waals surface area contributed by atoms with Crippen LogP contribution in [0, 0.1) is 20.2 Å². The minimum Gasteiger partial charge on any atom is -0.863 e. The number of aromatic nitrogens is 1. The molecular weight excluding hydrogens is 254 g/mol. The Morgan fingerprint density at radius 3 is 2.11 bits per heavy atom. The second kappa shape index (κ2) is 4.69. The Morgan fingerprint density at radius 2 is 1.58 bits per heavy atom. The molecule has 0 atom stereocenters. The zero-order valence-corrected chi connectivity index (χ0v) is 9.42. The summed E-state index contributed by atoms with van der Waals surface area (Å²) < 4.78 is 1.29. The highest BCUT2D eigenvalue weighted by Crippen LogP contribution is 2.32. The molecule has 0 radical (unpaired) electrons. The first-order valence-electron chi connectivity index (χ1n) is 5.11. The van der Waals surface area contributed by atoms with Crippen molar-refractivity contribution < 1.29 is 19.5 Å². The number of nitro benzene ring substituents is 2. The fraction of sp³-hybridized carbons (Fsp3) is 0. The summed E-state index contributed by atoms with van der Waals surface area (Å²) in [5.74, 6) is -0.869. The van der Waals surface area contributed by atoms with Gasteiger partial charge in [0.2, 0.25) is 5.69 Å². The molecule has 19 heavy (non-hydrogen) atoms. The van der Waals surface area contributed by atoms with Gasteiger partial charge in [0, 0.05) is 17.9 Å². The molecule has 8 nitrogen and oxygen atoms in total. The average Bonchev–Trinajstić information content (AvgIpc) is 2.39. The van der Waals surface area contributed by atoms with E-state index in [0.29, 0.717) is 6.07 Å². The lowest BCUT2D eigenvalue weighted by Crippen LogP contribution is -2.30. The molecule has 0 bridgehead atoms. The molecule has 0 N–H and O–H groups in total. The second-order valence-electron chi connectivity index (χ2n) is 3.61. The number of hydrogen-bond acceptors (Lipinski definition) is 5. The molecule has 0 unspecified atom stereocenters. The fourth-order valence-electron chi connectivity index (χ4n) is 1.58. The number of rotatable bonds is 3. The van der Waals surface area contributed by atoms with Gasteiger partial charge in [-0.25, -0.2) is 0 Å². The molecule has 1 heterocycles. The molecule has 0 aliphatic heterocycles. The van der Waals surface area contributed by atoms with Gasteiger partial charge in [0.05, 0.1) is 22.0 Å². The molecule has 1 aromatic carbocycles. The van der Waals surface area contributed by atoms with Crippen LogP contribution in [0.3, 0.4) is 0 Å². The number of hydrogen-bond donors (Lipinski definition) is 0. The zero-order chi connectivity index (χ0) is 14.0. The van der Waals surface area contributed by atoms with Gasteiger partial charge in [-0.3, -0.25) is 20.2 Å². The third-order valence-electron chi connectivity index (χ3n) is 2.44. The highest BCUT2D eigenvalue weighted by molar-refractivity contribution is 5.60. The summed E-state index contributed by atoms with van der Waals surface area (Å²) in [5.41, 5.74) is -1.46.